The summed E-state index contributed by atoms with van der Waals surface area (Å²) in [4.78, 5) is 4.47. The molecule has 0 aliphatic heterocycles. The summed E-state index contributed by atoms with van der Waals surface area (Å²) in [5.74, 6) is 2.11. The molecule has 5 heteroatoms. The molecule has 3 atom stereocenters. The Morgan fingerprint density at radius 3 is 3.05 bits per heavy atom. The fourth-order valence-electron chi connectivity index (χ4n) is 2.83. The van der Waals surface area contributed by atoms with E-state index in [4.69, 9.17) is 4.42 Å². The van der Waals surface area contributed by atoms with Crippen LogP contribution in [0.15, 0.2) is 27.8 Å². The number of aliphatic hydroxyl groups is 1. The zero-order valence-electron chi connectivity index (χ0n) is 13.0. The van der Waals surface area contributed by atoms with Crippen molar-refractivity contribution in [2.24, 2.45) is 10.9 Å². The van der Waals surface area contributed by atoms with Crippen molar-refractivity contribution >= 4 is 5.96 Å². The summed E-state index contributed by atoms with van der Waals surface area (Å²) in [5.41, 5.74) is 0. The molecule has 21 heavy (non-hydrogen) atoms. The van der Waals surface area contributed by atoms with Gasteiger partial charge in [0.1, 0.15) is 11.9 Å². The molecule has 1 aromatic heterocycles. The average Bonchev–Trinajstić information content (AvgIpc) is 2.99. The van der Waals surface area contributed by atoms with Crippen molar-refractivity contribution in [3.05, 3.63) is 24.2 Å². The summed E-state index contributed by atoms with van der Waals surface area (Å²) in [5, 5.41) is 16.7. The first-order valence-electron chi connectivity index (χ1n) is 7.95. The van der Waals surface area contributed by atoms with E-state index in [1.54, 1.807) is 18.4 Å². The Balaban J connectivity index is 1.89. The number of nitrogens with one attached hydrogen (secondary N) is 2. The number of furan rings is 1. The van der Waals surface area contributed by atoms with E-state index in [1.807, 2.05) is 6.92 Å². The summed E-state index contributed by atoms with van der Waals surface area (Å²) in [6.07, 6.45) is 5.84. The second kappa shape index (κ2) is 8.08. The van der Waals surface area contributed by atoms with Gasteiger partial charge in [-0.1, -0.05) is 19.8 Å². The van der Waals surface area contributed by atoms with E-state index >= 15 is 0 Å². The molecule has 5 nitrogen and oxygen atoms in total. The molecule has 1 heterocycles. The Bertz CT molecular complexity index is 431. The van der Waals surface area contributed by atoms with Crippen molar-refractivity contribution in [2.75, 3.05) is 13.1 Å². The van der Waals surface area contributed by atoms with Gasteiger partial charge in [-0.15, -0.1) is 0 Å². The average molecular weight is 293 g/mol. The van der Waals surface area contributed by atoms with Crippen molar-refractivity contribution < 1.29 is 9.52 Å². The molecule has 0 saturated heterocycles. The summed E-state index contributed by atoms with van der Waals surface area (Å²) in [6, 6.07) is 4.02. The highest BCUT2D eigenvalue weighted by Crippen LogP contribution is 2.23. The van der Waals surface area contributed by atoms with E-state index in [1.165, 1.54) is 25.7 Å². The predicted octanol–water partition coefficient (Wildman–Crippen LogP) is 2.45. The van der Waals surface area contributed by atoms with Gasteiger partial charge in [0.2, 0.25) is 0 Å². The number of nitrogens with zero attached hydrogens (tertiary/aromatic N) is 1. The minimum absolute atomic E-state index is 0.297. The number of aliphatic hydroxyl groups excluding tert-OH is 1. The largest absolute Gasteiger partial charge is 0.467 e. The van der Waals surface area contributed by atoms with Crippen LogP contribution in [0.25, 0.3) is 0 Å². The summed E-state index contributed by atoms with van der Waals surface area (Å²) < 4.78 is 5.19. The van der Waals surface area contributed by atoms with Crippen LogP contribution in [0.4, 0.5) is 0 Å². The number of guanidine groups is 1. The van der Waals surface area contributed by atoms with Gasteiger partial charge >= 0.3 is 0 Å². The van der Waals surface area contributed by atoms with Gasteiger partial charge in [0.25, 0.3) is 0 Å². The van der Waals surface area contributed by atoms with E-state index in [0.717, 1.165) is 18.4 Å². The summed E-state index contributed by atoms with van der Waals surface area (Å²) in [7, 11) is 0. The predicted molar refractivity (Wildman–Crippen MR) is 84.2 cm³/mol. The molecular weight excluding hydrogens is 266 g/mol. The SMILES string of the molecule is CCNC(=NCC(O)c1ccco1)NC1CCCC(C)C1. The van der Waals surface area contributed by atoms with Crippen molar-refractivity contribution in [1.82, 2.24) is 10.6 Å². The van der Waals surface area contributed by atoms with Crippen LogP contribution in [-0.4, -0.2) is 30.2 Å². The van der Waals surface area contributed by atoms with Crippen LogP contribution in [0.3, 0.4) is 0 Å². The third kappa shape index (κ3) is 5.08. The van der Waals surface area contributed by atoms with E-state index < -0.39 is 6.10 Å². The minimum atomic E-state index is -0.694. The van der Waals surface area contributed by atoms with Gasteiger partial charge in [0.15, 0.2) is 5.96 Å². The minimum Gasteiger partial charge on any atom is -0.467 e. The van der Waals surface area contributed by atoms with Gasteiger partial charge in [-0.25, -0.2) is 0 Å². The molecule has 2 rings (SSSR count). The maximum atomic E-state index is 10.0. The van der Waals surface area contributed by atoms with Crippen LogP contribution >= 0.6 is 0 Å². The van der Waals surface area contributed by atoms with Crippen LogP contribution in [0.2, 0.25) is 0 Å². The van der Waals surface area contributed by atoms with Crippen molar-refractivity contribution in [2.45, 2.75) is 51.7 Å². The normalized spacial score (nSPS) is 24.6. The second-order valence-electron chi connectivity index (χ2n) is 5.86. The molecule has 3 unspecified atom stereocenters. The summed E-state index contributed by atoms with van der Waals surface area (Å²) in [6.45, 7) is 5.46. The monoisotopic (exact) mass is 293 g/mol. The zero-order valence-corrected chi connectivity index (χ0v) is 13.0. The fraction of sp³-hybridized carbons (Fsp3) is 0.688. The van der Waals surface area contributed by atoms with Gasteiger partial charge in [-0.3, -0.25) is 4.99 Å². The van der Waals surface area contributed by atoms with Gasteiger partial charge in [0.05, 0.1) is 12.8 Å². The molecule has 1 fully saturated rings. The van der Waals surface area contributed by atoms with E-state index in [2.05, 4.69) is 22.5 Å². The Kier molecular flexibility index (Phi) is 6.11. The first kappa shape index (κ1) is 15.9. The van der Waals surface area contributed by atoms with E-state index in [-0.39, 0.29) is 0 Å². The number of rotatable bonds is 5. The molecule has 1 saturated carbocycles. The molecule has 1 aromatic rings. The number of hydrogen-bond donors (Lipinski definition) is 3. The molecule has 0 amide bonds. The molecule has 0 aromatic carbocycles. The Labute approximate surface area is 126 Å². The lowest BCUT2D eigenvalue weighted by atomic mass is 9.87. The highest BCUT2D eigenvalue weighted by Gasteiger charge is 2.19. The molecule has 0 radical (unpaired) electrons. The molecule has 1 aliphatic rings. The Morgan fingerprint density at radius 2 is 2.38 bits per heavy atom. The topological polar surface area (TPSA) is 69.8 Å². The quantitative estimate of drug-likeness (QED) is 0.576. The lowest BCUT2D eigenvalue weighted by molar-refractivity contribution is 0.158. The highest BCUT2D eigenvalue weighted by molar-refractivity contribution is 5.80. The number of hydrogen-bond acceptors (Lipinski definition) is 3. The van der Waals surface area contributed by atoms with Crippen LogP contribution in [-0.2, 0) is 0 Å². The first-order chi connectivity index (χ1) is 10.2. The van der Waals surface area contributed by atoms with E-state index in [0.29, 0.717) is 18.3 Å². The molecular formula is C16H27N3O2. The van der Waals surface area contributed by atoms with Crippen LogP contribution < -0.4 is 10.6 Å². The lowest BCUT2D eigenvalue weighted by Crippen LogP contribution is -2.45. The molecule has 0 bridgehead atoms. The fourth-order valence-corrected chi connectivity index (χ4v) is 2.83. The number of aliphatic imine (C=N–C) groups is 1. The zero-order chi connectivity index (χ0) is 15.1. The van der Waals surface area contributed by atoms with Crippen LogP contribution in [0, 0.1) is 5.92 Å². The van der Waals surface area contributed by atoms with Gasteiger partial charge in [-0.05, 0) is 37.8 Å². The van der Waals surface area contributed by atoms with Gasteiger partial charge < -0.3 is 20.2 Å². The maximum absolute atomic E-state index is 10.0. The summed E-state index contributed by atoms with van der Waals surface area (Å²) >= 11 is 0. The third-order valence-electron chi connectivity index (χ3n) is 3.92. The molecule has 1 aliphatic carbocycles. The molecule has 118 valence electrons. The smallest absolute Gasteiger partial charge is 0.191 e. The van der Waals surface area contributed by atoms with Crippen molar-refractivity contribution in [1.29, 1.82) is 0 Å². The standard InChI is InChI=1S/C16H27N3O2/c1-3-17-16(19-13-7-4-6-12(2)10-13)18-11-14(20)15-8-5-9-21-15/h5,8-9,12-14,20H,3-4,6-7,10-11H2,1-2H3,(H2,17,18,19). The third-order valence-corrected chi connectivity index (χ3v) is 3.92. The van der Waals surface area contributed by atoms with E-state index in [9.17, 15) is 5.11 Å². The van der Waals surface area contributed by atoms with Crippen LogP contribution in [0.5, 0.6) is 0 Å². The molecule has 0 spiro atoms. The first-order valence-corrected chi connectivity index (χ1v) is 7.95. The Morgan fingerprint density at radius 1 is 1.52 bits per heavy atom. The highest BCUT2D eigenvalue weighted by atomic mass is 16.4. The van der Waals surface area contributed by atoms with Gasteiger partial charge in [-0.2, -0.15) is 0 Å². The van der Waals surface area contributed by atoms with Gasteiger partial charge in [0, 0.05) is 12.6 Å². The van der Waals surface area contributed by atoms with Crippen molar-refractivity contribution in [3.8, 4) is 0 Å². The maximum Gasteiger partial charge on any atom is 0.191 e. The van der Waals surface area contributed by atoms with Crippen LogP contribution in [0.1, 0.15) is 51.4 Å². The lowest BCUT2D eigenvalue weighted by Gasteiger charge is -2.29. The van der Waals surface area contributed by atoms with Crippen molar-refractivity contribution in [3.63, 3.8) is 0 Å². The Hall–Kier alpha value is -1.49. The molecule has 3 N–H and O–H groups in total. The second-order valence-corrected chi connectivity index (χ2v) is 5.86.